The number of hydrogen-bond donors (Lipinski definition) is 1. The largest absolute Gasteiger partial charge is 0.494 e. The highest BCUT2D eigenvalue weighted by Crippen LogP contribution is 2.31. The summed E-state index contributed by atoms with van der Waals surface area (Å²) in [6, 6.07) is 17.1. The fraction of sp³-hybridized carbons (Fsp3) is 0.333. The molecule has 2 aromatic rings. The Labute approximate surface area is 126 Å². The molecule has 0 aromatic heterocycles. The van der Waals surface area contributed by atoms with Crippen molar-refractivity contribution in [1.82, 2.24) is 0 Å². The van der Waals surface area contributed by atoms with Gasteiger partial charge in [-0.3, -0.25) is 0 Å². The van der Waals surface area contributed by atoms with Crippen LogP contribution in [-0.2, 0) is 10.3 Å². The third kappa shape index (κ3) is 3.63. The normalized spacial score (nSPS) is 13.7. The van der Waals surface area contributed by atoms with E-state index in [9.17, 15) is 5.11 Å². The minimum absolute atomic E-state index is 0.201. The number of ether oxygens (including phenoxy) is 2. The molecule has 3 heteroatoms. The molecule has 0 saturated heterocycles. The van der Waals surface area contributed by atoms with E-state index in [1.807, 2.05) is 54.6 Å². The fourth-order valence-corrected chi connectivity index (χ4v) is 2.30. The van der Waals surface area contributed by atoms with Crippen LogP contribution < -0.4 is 4.74 Å². The average Bonchev–Trinajstić information content (AvgIpc) is 2.54. The minimum atomic E-state index is -1.15. The van der Waals surface area contributed by atoms with Gasteiger partial charge in [-0.2, -0.15) is 0 Å². The van der Waals surface area contributed by atoms with Crippen molar-refractivity contribution >= 4 is 0 Å². The van der Waals surface area contributed by atoms with Gasteiger partial charge in [-0.25, -0.2) is 0 Å². The zero-order valence-corrected chi connectivity index (χ0v) is 12.6. The number of rotatable bonds is 7. The maximum absolute atomic E-state index is 11.1. The Morgan fingerprint density at radius 3 is 2.14 bits per heavy atom. The lowest BCUT2D eigenvalue weighted by atomic mass is 9.87. The highest BCUT2D eigenvalue weighted by Gasteiger charge is 2.31. The molecule has 1 atom stereocenters. The maximum Gasteiger partial charge on any atom is 0.138 e. The predicted molar refractivity (Wildman–Crippen MR) is 83.5 cm³/mol. The van der Waals surface area contributed by atoms with E-state index in [-0.39, 0.29) is 6.61 Å². The van der Waals surface area contributed by atoms with Crippen LogP contribution in [-0.4, -0.2) is 25.4 Å². The van der Waals surface area contributed by atoms with Crippen LogP contribution in [0.3, 0.4) is 0 Å². The number of aliphatic hydroxyl groups is 1. The van der Waals surface area contributed by atoms with Crippen LogP contribution in [0, 0.1) is 0 Å². The van der Waals surface area contributed by atoms with E-state index in [2.05, 4.69) is 6.92 Å². The highest BCUT2D eigenvalue weighted by molar-refractivity contribution is 5.39. The van der Waals surface area contributed by atoms with Crippen molar-refractivity contribution in [1.29, 1.82) is 0 Å². The molecule has 0 aliphatic carbocycles. The molecule has 2 aromatic carbocycles. The van der Waals surface area contributed by atoms with Gasteiger partial charge in [0.2, 0.25) is 0 Å². The summed E-state index contributed by atoms with van der Waals surface area (Å²) < 4.78 is 10.8. The molecule has 0 fully saturated rings. The van der Waals surface area contributed by atoms with Crippen LogP contribution in [0.25, 0.3) is 0 Å². The lowest BCUT2D eigenvalue weighted by Crippen LogP contribution is -2.32. The first-order chi connectivity index (χ1) is 10.2. The summed E-state index contributed by atoms with van der Waals surface area (Å²) in [5.41, 5.74) is 0.452. The second kappa shape index (κ2) is 7.25. The number of methoxy groups -OCH3 is 1. The average molecular weight is 286 g/mol. The van der Waals surface area contributed by atoms with Crippen LogP contribution in [0.5, 0.6) is 5.75 Å². The molecule has 0 saturated carbocycles. The van der Waals surface area contributed by atoms with Crippen molar-refractivity contribution in [3.63, 3.8) is 0 Å². The van der Waals surface area contributed by atoms with E-state index < -0.39 is 5.60 Å². The van der Waals surface area contributed by atoms with Gasteiger partial charge in [0.1, 0.15) is 11.4 Å². The molecule has 0 bridgehead atoms. The van der Waals surface area contributed by atoms with Crippen molar-refractivity contribution in [2.75, 3.05) is 20.3 Å². The van der Waals surface area contributed by atoms with Crippen molar-refractivity contribution < 1.29 is 14.6 Å². The molecular formula is C18H22O3. The summed E-state index contributed by atoms with van der Waals surface area (Å²) in [5, 5.41) is 11.1. The van der Waals surface area contributed by atoms with Gasteiger partial charge in [0, 0.05) is 7.11 Å². The molecule has 2 rings (SSSR count). The van der Waals surface area contributed by atoms with Gasteiger partial charge < -0.3 is 14.6 Å². The summed E-state index contributed by atoms with van der Waals surface area (Å²) in [6.07, 6.45) is 0.972. The standard InChI is InChI=1S/C18H22O3/c1-3-13-21-17-11-9-16(10-12-17)18(19,14-20-2)15-7-5-4-6-8-15/h4-12,19H,3,13-14H2,1-2H3. The van der Waals surface area contributed by atoms with Crippen molar-refractivity contribution in [3.8, 4) is 5.75 Å². The van der Waals surface area contributed by atoms with Gasteiger partial charge in [0.15, 0.2) is 0 Å². The van der Waals surface area contributed by atoms with Gasteiger partial charge in [-0.1, -0.05) is 49.4 Å². The Kier molecular flexibility index (Phi) is 5.37. The van der Waals surface area contributed by atoms with Gasteiger partial charge in [0.25, 0.3) is 0 Å². The molecule has 0 amide bonds. The molecular weight excluding hydrogens is 264 g/mol. The van der Waals surface area contributed by atoms with E-state index in [1.54, 1.807) is 7.11 Å². The van der Waals surface area contributed by atoms with Crippen molar-refractivity contribution in [2.45, 2.75) is 18.9 Å². The molecule has 1 unspecified atom stereocenters. The molecule has 0 heterocycles. The quantitative estimate of drug-likeness (QED) is 0.848. The van der Waals surface area contributed by atoms with Gasteiger partial charge in [-0.15, -0.1) is 0 Å². The SMILES string of the molecule is CCCOc1ccc(C(O)(COC)c2ccccc2)cc1. The maximum atomic E-state index is 11.1. The Balaban J connectivity index is 2.30. The summed E-state index contributed by atoms with van der Waals surface area (Å²) in [5.74, 6) is 0.813. The van der Waals surface area contributed by atoms with E-state index >= 15 is 0 Å². The fourth-order valence-electron chi connectivity index (χ4n) is 2.30. The first-order valence-corrected chi connectivity index (χ1v) is 7.21. The molecule has 0 spiro atoms. The molecule has 3 nitrogen and oxygen atoms in total. The summed E-state index contributed by atoms with van der Waals surface area (Å²) in [6.45, 7) is 2.97. The molecule has 112 valence electrons. The van der Waals surface area contributed by atoms with Crippen LogP contribution in [0.15, 0.2) is 54.6 Å². The van der Waals surface area contributed by atoms with Crippen molar-refractivity contribution in [3.05, 3.63) is 65.7 Å². The molecule has 0 aliphatic rings. The topological polar surface area (TPSA) is 38.7 Å². The monoisotopic (exact) mass is 286 g/mol. The first-order valence-electron chi connectivity index (χ1n) is 7.21. The lowest BCUT2D eigenvalue weighted by Gasteiger charge is -2.28. The third-order valence-electron chi connectivity index (χ3n) is 3.41. The van der Waals surface area contributed by atoms with Crippen LogP contribution in [0.1, 0.15) is 24.5 Å². The third-order valence-corrected chi connectivity index (χ3v) is 3.41. The van der Waals surface area contributed by atoms with E-state index in [0.717, 1.165) is 23.3 Å². The van der Waals surface area contributed by atoms with E-state index in [0.29, 0.717) is 6.61 Å². The van der Waals surface area contributed by atoms with E-state index in [4.69, 9.17) is 9.47 Å². The Morgan fingerprint density at radius 1 is 0.952 bits per heavy atom. The Bertz CT molecular complexity index is 536. The van der Waals surface area contributed by atoms with E-state index in [1.165, 1.54) is 0 Å². The minimum Gasteiger partial charge on any atom is -0.494 e. The summed E-state index contributed by atoms with van der Waals surface area (Å²) in [4.78, 5) is 0. The summed E-state index contributed by atoms with van der Waals surface area (Å²) >= 11 is 0. The molecule has 1 N–H and O–H groups in total. The predicted octanol–water partition coefficient (Wildman–Crippen LogP) is 3.36. The second-order valence-corrected chi connectivity index (χ2v) is 5.03. The van der Waals surface area contributed by atoms with Gasteiger partial charge in [-0.05, 0) is 29.7 Å². The highest BCUT2D eigenvalue weighted by atomic mass is 16.5. The van der Waals surface area contributed by atoms with Crippen LogP contribution in [0.2, 0.25) is 0 Å². The molecule has 21 heavy (non-hydrogen) atoms. The number of hydrogen-bond acceptors (Lipinski definition) is 3. The summed E-state index contributed by atoms with van der Waals surface area (Å²) in [7, 11) is 1.59. The second-order valence-electron chi connectivity index (χ2n) is 5.03. The van der Waals surface area contributed by atoms with Crippen LogP contribution >= 0.6 is 0 Å². The van der Waals surface area contributed by atoms with Crippen molar-refractivity contribution in [2.24, 2.45) is 0 Å². The zero-order valence-electron chi connectivity index (χ0n) is 12.6. The van der Waals surface area contributed by atoms with Crippen LogP contribution in [0.4, 0.5) is 0 Å². The Morgan fingerprint density at radius 2 is 1.57 bits per heavy atom. The van der Waals surface area contributed by atoms with Gasteiger partial charge >= 0.3 is 0 Å². The molecule has 0 radical (unpaired) electrons. The number of benzene rings is 2. The first kappa shape index (κ1) is 15.5. The molecule has 0 aliphatic heterocycles. The smallest absolute Gasteiger partial charge is 0.138 e. The van der Waals surface area contributed by atoms with Gasteiger partial charge in [0.05, 0.1) is 13.2 Å². The zero-order chi connectivity index (χ0) is 15.1. The Hall–Kier alpha value is -1.84. The lowest BCUT2D eigenvalue weighted by molar-refractivity contribution is -0.00330.